The maximum absolute atomic E-state index is 12.3. The number of piperidine rings is 1. The van der Waals surface area contributed by atoms with Crippen LogP contribution in [0.25, 0.3) is 0 Å². The smallest absolute Gasteiger partial charge is 0.251 e. The van der Waals surface area contributed by atoms with E-state index < -0.39 is 0 Å². The quantitative estimate of drug-likeness (QED) is 0.870. The predicted octanol–water partition coefficient (Wildman–Crippen LogP) is 4.36. The zero-order valence-electron chi connectivity index (χ0n) is 13.0. The van der Waals surface area contributed by atoms with E-state index in [1.165, 1.54) is 24.1 Å². The van der Waals surface area contributed by atoms with Crippen molar-refractivity contribution < 1.29 is 4.79 Å². The molecule has 1 saturated heterocycles. The molecule has 2 aromatic rings. The molecule has 5 heteroatoms. The molecule has 1 fully saturated rings. The van der Waals surface area contributed by atoms with E-state index in [-0.39, 0.29) is 11.9 Å². The van der Waals surface area contributed by atoms with Crippen LogP contribution in [0.4, 0.5) is 0 Å². The van der Waals surface area contributed by atoms with Crippen molar-refractivity contribution in [1.29, 1.82) is 0 Å². The zero-order chi connectivity index (χ0) is 16.1. The van der Waals surface area contributed by atoms with Crippen LogP contribution in [0.2, 0.25) is 5.02 Å². The highest BCUT2D eigenvalue weighted by molar-refractivity contribution is 7.10. The topological polar surface area (TPSA) is 32.3 Å². The van der Waals surface area contributed by atoms with Crippen molar-refractivity contribution in [1.82, 2.24) is 10.2 Å². The summed E-state index contributed by atoms with van der Waals surface area (Å²) in [6, 6.07) is 11.5. The summed E-state index contributed by atoms with van der Waals surface area (Å²) in [4.78, 5) is 16.2. The highest BCUT2D eigenvalue weighted by Crippen LogP contribution is 2.27. The average Bonchev–Trinajstić information content (AvgIpc) is 3.11. The normalized spacial score (nSPS) is 16.9. The molecule has 23 heavy (non-hydrogen) atoms. The van der Waals surface area contributed by atoms with E-state index in [1.54, 1.807) is 35.6 Å². The fourth-order valence-corrected chi connectivity index (χ4v) is 4.00. The number of benzene rings is 1. The zero-order valence-corrected chi connectivity index (χ0v) is 14.6. The second-order valence-corrected chi connectivity index (χ2v) is 7.26. The van der Waals surface area contributed by atoms with Gasteiger partial charge in [-0.25, -0.2) is 0 Å². The van der Waals surface area contributed by atoms with Crippen molar-refractivity contribution >= 4 is 28.8 Å². The van der Waals surface area contributed by atoms with Crippen LogP contribution in [-0.4, -0.2) is 30.4 Å². The van der Waals surface area contributed by atoms with Gasteiger partial charge in [-0.3, -0.25) is 9.69 Å². The van der Waals surface area contributed by atoms with Gasteiger partial charge in [0.25, 0.3) is 5.91 Å². The van der Waals surface area contributed by atoms with E-state index in [4.69, 9.17) is 11.6 Å². The summed E-state index contributed by atoms with van der Waals surface area (Å²) in [6.45, 7) is 2.86. The van der Waals surface area contributed by atoms with E-state index in [0.29, 0.717) is 17.1 Å². The molecule has 0 bridgehead atoms. The first kappa shape index (κ1) is 16.5. The van der Waals surface area contributed by atoms with Crippen molar-refractivity contribution in [2.24, 2.45) is 0 Å². The molecule has 1 atom stereocenters. The lowest BCUT2D eigenvalue weighted by Gasteiger charge is -2.34. The minimum atomic E-state index is -0.0415. The number of nitrogens with zero attached hydrogens (tertiary/aromatic N) is 1. The van der Waals surface area contributed by atoms with E-state index in [9.17, 15) is 4.79 Å². The van der Waals surface area contributed by atoms with Gasteiger partial charge in [0.1, 0.15) is 0 Å². The fraction of sp³-hybridized carbons (Fsp3) is 0.389. The first-order chi connectivity index (χ1) is 11.2. The maximum atomic E-state index is 12.3. The van der Waals surface area contributed by atoms with Crippen LogP contribution in [-0.2, 0) is 0 Å². The van der Waals surface area contributed by atoms with E-state index >= 15 is 0 Å². The molecule has 3 nitrogen and oxygen atoms in total. The molecule has 1 aromatic heterocycles. The van der Waals surface area contributed by atoms with Crippen molar-refractivity contribution in [3.8, 4) is 0 Å². The van der Waals surface area contributed by atoms with Gasteiger partial charge in [-0.05, 0) is 61.6 Å². The Kier molecular flexibility index (Phi) is 5.70. The van der Waals surface area contributed by atoms with E-state index in [1.807, 2.05) is 0 Å². The van der Waals surface area contributed by atoms with Crippen LogP contribution >= 0.6 is 22.9 Å². The monoisotopic (exact) mass is 348 g/mol. The molecular formula is C18H21ClN2OS. The van der Waals surface area contributed by atoms with Crippen LogP contribution in [0, 0.1) is 0 Å². The number of hydrogen-bond donors (Lipinski definition) is 1. The molecule has 0 spiro atoms. The van der Waals surface area contributed by atoms with Crippen LogP contribution < -0.4 is 5.32 Å². The highest BCUT2D eigenvalue weighted by Gasteiger charge is 2.23. The summed E-state index contributed by atoms with van der Waals surface area (Å²) < 4.78 is 0. The molecule has 0 aliphatic carbocycles. The molecule has 0 unspecified atom stereocenters. The minimum absolute atomic E-state index is 0.0415. The Hall–Kier alpha value is -1.36. The Balaban J connectivity index is 1.66. The number of nitrogens with one attached hydrogen (secondary N) is 1. The van der Waals surface area contributed by atoms with Gasteiger partial charge < -0.3 is 5.32 Å². The van der Waals surface area contributed by atoms with E-state index in [0.717, 1.165) is 13.1 Å². The van der Waals surface area contributed by atoms with Crippen molar-refractivity contribution in [2.45, 2.75) is 25.3 Å². The standard InChI is InChI=1S/C18H21ClN2OS/c19-15-8-6-14(7-9-15)18(22)20-13-16(17-5-4-12-23-17)21-10-2-1-3-11-21/h4-9,12,16H,1-3,10-11,13H2,(H,20,22)/t16-/m1/s1. The first-order valence-corrected chi connectivity index (χ1v) is 9.31. The third-order valence-corrected chi connectivity index (χ3v) is 5.49. The Morgan fingerprint density at radius 3 is 2.57 bits per heavy atom. The fourth-order valence-electron chi connectivity index (χ4n) is 3.01. The molecular weight excluding hydrogens is 328 g/mol. The summed E-state index contributed by atoms with van der Waals surface area (Å²) in [5, 5.41) is 5.84. The van der Waals surface area contributed by atoms with Gasteiger partial charge in [-0.2, -0.15) is 0 Å². The lowest BCUT2D eigenvalue weighted by atomic mass is 10.1. The van der Waals surface area contributed by atoms with Crippen molar-refractivity contribution in [3.05, 3.63) is 57.2 Å². The van der Waals surface area contributed by atoms with Gasteiger partial charge in [-0.1, -0.05) is 24.1 Å². The van der Waals surface area contributed by atoms with E-state index in [2.05, 4.69) is 27.7 Å². The molecule has 0 radical (unpaired) electrons. The third-order valence-electron chi connectivity index (χ3n) is 4.27. The van der Waals surface area contributed by atoms with Crippen LogP contribution in [0.3, 0.4) is 0 Å². The Morgan fingerprint density at radius 2 is 1.91 bits per heavy atom. The number of amides is 1. The molecule has 1 aliphatic heterocycles. The number of hydrogen-bond acceptors (Lipinski definition) is 3. The molecule has 122 valence electrons. The van der Waals surface area contributed by atoms with Crippen molar-refractivity contribution in [2.75, 3.05) is 19.6 Å². The average molecular weight is 349 g/mol. The minimum Gasteiger partial charge on any atom is -0.350 e. The lowest BCUT2D eigenvalue weighted by Crippen LogP contribution is -2.40. The van der Waals surface area contributed by atoms with Gasteiger partial charge in [0.2, 0.25) is 0 Å². The Morgan fingerprint density at radius 1 is 1.17 bits per heavy atom. The Labute approximate surface area is 146 Å². The first-order valence-electron chi connectivity index (χ1n) is 8.05. The molecule has 1 N–H and O–H groups in total. The molecule has 2 heterocycles. The highest BCUT2D eigenvalue weighted by atomic mass is 35.5. The summed E-state index contributed by atoms with van der Waals surface area (Å²) >= 11 is 7.64. The van der Waals surface area contributed by atoms with Crippen molar-refractivity contribution in [3.63, 3.8) is 0 Å². The number of thiophene rings is 1. The summed E-state index contributed by atoms with van der Waals surface area (Å²) in [6.07, 6.45) is 3.80. The second kappa shape index (κ2) is 7.95. The summed E-state index contributed by atoms with van der Waals surface area (Å²) in [7, 11) is 0. The van der Waals surface area contributed by atoms with Crippen LogP contribution in [0.15, 0.2) is 41.8 Å². The largest absolute Gasteiger partial charge is 0.350 e. The van der Waals surface area contributed by atoms with Gasteiger partial charge >= 0.3 is 0 Å². The third kappa shape index (κ3) is 4.34. The number of carbonyl (C=O) groups excluding carboxylic acids is 1. The molecule has 1 aliphatic rings. The number of rotatable bonds is 5. The number of likely N-dealkylation sites (tertiary alicyclic amines) is 1. The second-order valence-electron chi connectivity index (χ2n) is 5.84. The summed E-state index contributed by atoms with van der Waals surface area (Å²) in [5.41, 5.74) is 0.651. The maximum Gasteiger partial charge on any atom is 0.251 e. The molecule has 3 rings (SSSR count). The lowest BCUT2D eigenvalue weighted by molar-refractivity contribution is 0.0925. The number of carbonyl (C=O) groups is 1. The van der Waals surface area contributed by atoms with Gasteiger partial charge in [-0.15, -0.1) is 11.3 Å². The number of halogens is 1. The van der Waals surface area contributed by atoms with Gasteiger partial charge in [0.05, 0.1) is 6.04 Å². The molecule has 1 aromatic carbocycles. The SMILES string of the molecule is O=C(NC[C@H](c1cccs1)N1CCCCC1)c1ccc(Cl)cc1. The summed E-state index contributed by atoms with van der Waals surface area (Å²) in [5.74, 6) is -0.0415. The van der Waals surface area contributed by atoms with Crippen LogP contribution in [0.5, 0.6) is 0 Å². The Bertz CT molecular complexity index is 621. The predicted molar refractivity (Wildman–Crippen MR) is 96.3 cm³/mol. The molecule has 1 amide bonds. The molecule has 0 saturated carbocycles. The van der Waals surface area contributed by atoms with Gasteiger partial charge in [0.15, 0.2) is 0 Å². The van der Waals surface area contributed by atoms with Crippen LogP contribution in [0.1, 0.15) is 40.5 Å². The van der Waals surface area contributed by atoms with Gasteiger partial charge in [0, 0.05) is 22.0 Å².